The molecule has 164 valence electrons. The van der Waals surface area contributed by atoms with E-state index in [-0.39, 0.29) is 27.2 Å². The van der Waals surface area contributed by atoms with Crippen molar-refractivity contribution < 1.29 is 13.2 Å². The first-order valence-electron chi connectivity index (χ1n) is 11.6. The molecule has 1 amide bonds. The van der Waals surface area contributed by atoms with Crippen LogP contribution >= 0.6 is 0 Å². The second-order valence-electron chi connectivity index (χ2n) is 10.1. The largest absolute Gasteiger partial charge is 0.349 e. The first kappa shape index (κ1) is 20.7. The lowest BCUT2D eigenvalue weighted by molar-refractivity contribution is -0.0727. The number of carbonyl (C=O) groups excluding carboxylic acids is 1. The minimum Gasteiger partial charge on any atom is -0.349 e. The number of benzene rings is 2. The van der Waals surface area contributed by atoms with Crippen LogP contribution in [0.4, 0.5) is 0 Å². The Kier molecular flexibility index (Phi) is 5.20. The van der Waals surface area contributed by atoms with E-state index in [1.165, 1.54) is 38.5 Å². The molecule has 4 fully saturated rings. The Hall–Kier alpha value is -2.14. The zero-order valence-corrected chi connectivity index (χ0v) is 18.9. The van der Waals surface area contributed by atoms with E-state index in [2.05, 4.69) is 12.2 Å². The summed E-state index contributed by atoms with van der Waals surface area (Å²) in [5, 5.41) is 3.34. The Morgan fingerprint density at radius 1 is 0.903 bits per heavy atom. The number of nitrogens with one attached hydrogen (secondary N) is 1. The Bertz CT molecular complexity index is 1020. The van der Waals surface area contributed by atoms with Crippen molar-refractivity contribution in [1.82, 2.24) is 5.32 Å². The fourth-order valence-corrected chi connectivity index (χ4v) is 8.34. The van der Waals surface area contributed by atoms with Crippen LogP contribution in [0.1, 0.15) is 62.2 Å². The second kappa shape index (κ2) is 7.77. The third-order valence-electron chi connectivity index (χ3n) is 8.02. The van der Waals surface area contributed by atoms with Crippen molar-refractivity contribution in [2.75, 3.05) is 0 Å². The van der Waals surface area contributed by atoms with Gasteiger partial charge in [-0.1, -0.05) is 25.1 Å². The predicted molar refractivity (Wildman–Crippen MR) is 120 cm³/mol. The van der Waals surface area contributed by atoms with Crippen LogP contribution in [-0.4, -0.2) is 20.4 Å². The lowest BCUT2D eigenvalue weighted by atomic mass is 9.47. The van der Waals surface area contributed by atoms with Crippen molar-refractivity contribution in [1.29, 1.82) is 0 Å². The topological polar surface area (TPSA) is 63.2 Å². The normalized spacial score (nSPS) is 30.2. The van der Waals surface area contributed by atoms with Crippen molar-refractivity contribution in [2.24, 2.45) is 23.2 Å². The van der Waals surface area contributed by atoms with Crippen LogP contribution in [-0.2, 0) is 9.84 Å². The zero-order valence-electron chi connectivity index (χ0n) is 18.1. The molecule has 4 bridgehead atoms. The van der Waals surface area contributed by atoms with E-state index in [0.29, 0.717) is 5.56 Å². The third-order valence-corrected chi connectivity index (χ3v) is 9.80. The molecule has 0 spiro atoms. The maximum atomic E-state index is 13.1. The number of amides is 1. The first-order chi connectivity index (χ1) is 14.9. The number of rotatable bonds is 6. The summed E-state index contributed by atoms with van der Waals surface area (Å²) in [6.07, 6.45) is 8.88. The molecule has 0 saturated heterocycles. The number of hydrogen-bond donors (Lipinski definition) is 1. The molecule has 4 saturated carbocycles. The van der Waals surface area contributed by atoms with E-state index < -0.39 is 9.84 Å². The van der Waals surface area contributed by atoms with Gasteiger partial charge in [0.1, 0.15) is 0 Å². The molecule has 0 heterocycles. The van der Waals surface area contributed by atoms with Gasteiger partial charge < -0.3 is 5.32 Å². The minimum absolute atomic E-state index is 0.0914. The van der Waals surface area contributed by atoms with Gasteiger partial charge in [-0.2, -0.15) is 0 Å². The van der Waals surface area contributed by atoms with Crippen molar-refractivity contribution in [3.05, 3.63) is 60.2 Å². The molecule has 0 aromatic heterocycles. The fraction of sp³-hybridized carbons (Fsp3) is 0.500. The van der Waals surface area contributed by atoms with Crippen LogP contribution in [0.25, 0.3) is 0 Å². The SMILES string of the molecule is CCC(NC(=O)c1ccc(S(=O)(=O)c2ccccc2)cc1)C12CC3CC(CC(C3)C1)C2. The monoisotopic (exact) mass is 437 g/mol. The quantitative estimate of drug-likeness (QED) is 0.672. The molecule has 6 rings (SSSR count). The zero-order chi connectivity index (χ0) is 21.6. The van der Waals surface area contributed by atoms with Crippen molar-refractivity contribution in [3.63, 3.8) is 0 Å². The Morgan fingerprint density at radius 3 is 1.94 bits per heavy atom. The summed E-state index contributed by atoms with van der Waals surface area (Å²) in [7, 11) is -3.57. The molecule has 0 radical (unpaired) electrons. The van der Waals surface area contributed by atoms with Crippen molar-refractivity contribution >= 4 is 15.7 Å². The van der Waals surface area contributed by atoms with Crippen LogP contribution in [0.15, 0.2) is 64.4 Å². The highest BCUT2D eigenvalue weighted by molar-refractivity contribution is 7.91. The van der Waals surface area contributed by atoms with Gasteiger partial charge in [0, 0.05) is 11.6 Å². The fourth-order valence-electron chi connectivity index (χ4n) is 7.06. The summed E-state index contributed by atoms with van der Waals surface area (Å²) in [6.45, 7) is 2.18. The average molecular weight is 438 g/mol. The molecule has 4 aliphatic carbocycles. The predicted octanol–water partition coefficient (Wildman–Crippen LogP) is 5.24. The molecule has 2 aromatic carbocycles. The second-order valence-corrected chi connectivity index (χ2v) is 12.0. The van der Waals surface area contributed by atoms with Crippen LogP contribution in [0, 0.1) is 23.2 Å². The van der Waals surface area contributed by atoms with Gasteiger partial charge in [-0.05, 0) is 105 Å². The third kappa shape index (κ3) is 3.71. The average Bonchev–Trinajstić information content (AvgIpc) is 2.77. The molecule has 5 heteroatoms. The van der Waals surface area contributed by atoms with Gasteiger partial charge in [0.15, 0.2) is 0 Å². The van der Waals surface area contributed by atoms with E-state index in [9.17, 15) is 13.2 Å². The van der Waals surface area contributed by atoms with Gasteiger partial charge in [-0.3, -0.25) is 4.79 Å². The summed E-state index contributed by atoms with van der Waals surface area (Å²) in [5.74, 6) is 2.45. The summed E-state index contributed by atoms with van der Waals surface area (Å²) in [5.41, 5.74) is 0.783. The Morgan fingerprint density at radius 2 is 1.42 bits per heavy atom. The molecule has 4 aliphatic rings. The summed E-state index contributed by atoms with van der Waals surface area (Å²) >= 11 is 0. The lowest BCUT2D eigenvalue weighted by Gasteiger charge is -2.59. The molecule has 1 atom stereocenters. The van der Waals surface area contributed by atoms with E-state index in [1.54, 1.807) is 54.6 Å². The van der Waals surface area contributed by atoms with Gasteiger partial charge in [-0.15, -0.1) is 0 Å². The van der Waals surface area contributed by atoms with E-state index in [1.807, 2.05) is 0 Å². The van der Waals surface area contributed by atoms with E-state index in [4.69, 9.17) is 0 Å². The van der Waals surface area contributed by atoms with Crippen molar-refractivity contribution in [2.45, 2.75) is 67.7 Å². The molecule has 1 N–H and O–H groups in total. The first-order valence-corrected chi connectivity index (χ1v) is 13.1. The molecule has 2 aromatic rings. The van der Waals surface area contributed by atoms with E-state index >= 15 is 0 Å². The molecule has 31 heavy (non-hydrogen) atoms. The smallest absolute Gasteiger partial charge is 0.251 e. The van der Waals surface area contributed by atoms with Crippen molar-refractivity contribution in [3.8, 4) is 0 Å². The summed E-state index contributed by atoms with van der Waals surface area (Å²) < 4.78 is 25.6. The van der Waals surface area contributed by atoms with Gasteiger partial charge in [0.2, 0.25) is 9.84 Å². The molecule has 1 unspecified atom stereocenters. The Labute approximate surface area is 185 Å². The number of sulfone groups is 1. The summed E-state index contributed by atoms with van der Waals surface area (Å²) in [4.78, 5) is 13.6. The molecule has 4 nitrogen and oxygen atoms in total. The molecular weight excluding hydrogens is 406 g/mol. The summed E-state index contributed by atoms with van der Waals surface area (Å²) in [6, 6.07) is 15.0. The highest BCUT2D eigenvalue weighted by Gasteiger charge is 2.54. The highest BCUT2D eigenvalue weighted by Crippen LogP contribution is 2.61. The van der Waals surface area contributed by atoms with Crippen LogP contribution < -0.4 is 5.32 Å². The Balaban J connectivity index is 1.32. The van der Waals surface area contributed by atoms with Gasteiger partial charge >= 0.3 is 0 Å². The van der Waals surface area contributed by atoms with Gasteiger partial charge in [-0.25, -0.2) is 8.42 Å². The number of hydrogen-bond acceptors (Lipinski definition) is 3. The number of carbonyl (C=O) groups is 1. The van der Waals surface area contributed by atoms with E-state index in [0.717, 1.165) is 24.2 Å². The highest BCUT2D eigenvalue weighted by atomic mass is 32.2. The lowest BCUT2D eigenvalue weighted by Crippen LogP contribution is -2.56. The molecular formula is C26H31NO3S. The van der Waals surface area contributed by atoms with Crippen LogP contribution in [0.3, 0.4) is 0 Å². The standard InChI is InChI=1S/C26H31NO3S/c1-2-24(26-15-18-12-19(16-26)14-20(13-18)17-26)27-25(28)21-8-10-23(11-9-21)31(29,30)22-6-4-3-5-7-22/h3-11,18-20,24H,2,12-17H2,1H3,(H,27,28). The van der Waals surface area contributed by atoms with Gasteiger partial charge in [0.25, 0.3) is 5.91 Å². The molecule has 0 aliphatic heterocycles. The minimum atomic E-state index is -3.57. The van der Waals surface area contributed by atoms with Crippen LogP contribution in [0.2, 0.25) is 0 Å². The van der Waals surface area contributed by atoms with Crippen LogP contribution in [0.5, 0.6) is 0 Å². The van der Waals surface area contributed by atoms with Gasteiger partial charge in [0.05, 0.1) is 9.79 Å². The maximum Gasteiger partial charge on any atom is 0.251 e. The maximum absolute atomic E-state index is 13.1.